The summed E-state index contributed by atoms with van der Waals surface area (Å²) in [6.45, 7) is 0. The second kappa shape index (κ2) is 2.98. The van der Waals surface area contributed by atoms with E-state index in [-0.39, 0.29) is 23.5 Å². The van der Waals surface area contributed by atoms with E-state index in [0.29, 0.717) is 12.8 Å². The van der Waals surface area contributed by atoms with Crippen LogP contribution in [0.3, 0.4) is 0 Å². The molecular weight excluding hydrogens is 168 g/mol. The topological polar surface area (TPSA) is 54.4 Å². The van der Waals surface area contributed by atoms with Crippen molar-refractivity contribution in [3.05, 3.63) is 12.2 Å². The molecular formula is C10H12O3. The molecule has 1 fully saturated rings. The van der Waals surface area contributed by atoms with Crippen LogP contribution >= 0.6 is 0 Å². The van der Waals surface area contributed by atoms with Crippen molar-refractivity contribution in [1.29, 1.82) is 0 Å². The standard InChI is InChI=1S/C10H12O3/c11-9-6-2-1-3-7(9)5-8(4-6)10(12)13/h1-2,6-8H,3-5H2,(H,12,13)/t6-,7+,8-/m1/s1. The SMILES string of the molecule is O=C(O)[C@H]1C[C@@H]2CC=C[C@H](C1)C2=O. The highest BCUT2D eigenvalue weighted by Crippen LogP contribution is 2.36. The molecule has 70 valence electrons. The lowest BCUT2D eigenvalue weighted by molar-refractivity contribution is -0.145. The van der Waals surface area contributed by atoms with Gasteiger partial charge >= 0.3 is 5.97 Å². The van der Waals surface area contributed by atoms with Gasteiger partial charge in [0.15, 0.2) is 0 Å². The van der Waals surface area contributed by atoms with Gasteiger partial charge in [-0.05, 0) is 19.3 Å². The molecule has 0 radical (unpaired) electrons. The van der Waals surface area contributed by atoms with E-state index in [1.54, 1.807) is 0 Å². The zero-order chi connectivity index (χ0) is 9.42. The number of fused-ring (bicyclic) bond motifs is 2. The fourth-order valence-corrected chi connectivity index (χ4v) is 2.28. The van der Waals surface area contributed by atoms with Crippen LogP contribution < -0.4 is 0 Å². The molecule has 2 aliphatic carbocycles. The van der Waals surface area contributed by atoms with Gasteiger partial charge in [0.1, 0.15) is 5.78 Å². The number of carboxylic acids is 1. The van der Waals surface area contributed by atoms with Crippen molar-refractivity contribution in [3.63, 3.8) is 0 Å². The zero-order valence-corrected chi connectivity index (χ0v) is 7.27. The average molecular weight is 180 g/mol. The summed E-state index contributed by atoms with van der Waals surface area (Å²) in [5.41, 5.74) is 0. The summed E-state index contributed by atoms with van der Waals surface area (Å²) in [7, 11) is 0. The largest absolute Gasteiger partial charge is 0.481 e. The molecule has 0 saturated heterocycles. The first-order valence-electron chi connectivity index (χ1n) is 4.61. The third kappa shape index (κ3) is 1.39. The number of allylic oxidation sites excluding steroid dienone is 2. The molecule has 0 aromatic heterocycles. The Morgan fingerprint density at radius 2 is 2.23 bits per heavy atom. The third-order valence-corrected chi connectivity index (χ3v) is 3.01. The van der Waals surface area contributed by atoms with Gasteiger partial charge in [-0.15, -0.1) is 0 Å². The lowest BCUT2D eigenvalue weighted by Gasteiger charge is -2.32. The molecule has 13 heavy (non-hydrogen) atoms. The summed E-state index contributed by atoms with van der Waals surface area (Å²) in [4.78, 5) is 22.3. The van der Waals surface area contributed by atoms with Crippen molar-refractivity contribution in [3.8, 4) is 0 Å². The predicted octanol–water partition coefficient (Wildman–Crippen LogP) is 1.24. The smallest absolute Gasteiger partial charge is 0.306 e. The van der Waals surface area contributed by atoms with E-state index in [9.17, 15) is 9.59 Å². The molecule has 2 aliphatic rings. The number of rotatable bonds is 1. The fourth-order valence-electron chi connectivity index (χ4n) is 2.28. The number of ketones is 1. The van der Waals surface area contributed by atoms with Crippen LogP contribution in [0.1, 0.15) is 19.3 Å². The summed E-state index contributed by atoms with van der Waals surface area (Å²) in [5.74, 6) is -0.950. The van der Waals surface area contributed by atoms with Crippen LogP contribution in [0.15, 0.2) is 12.2 Å². The van der Waals surface area contributed by atoms with Crippen molar-refractivity contribution in [2.75, 3.05) is 0 Å². The number of carbonyl (C=O) groups is 2. The highest BCUT2D eigenvalue weighted by Gasteiger charge is 2.39. The van der Waals surface area contributed by atoms with Gasteiger partial charge in [-0.3, -0.25) is 9.59 Å². The zero-order valence-electron chi connectivity index (χ0n) is 7.27. The van der Waals surface area contributed by atoms with Gasteiger partial charge in [-0.1, -0.05) is 12.2 Å². The first-order chi connectivity index (χ1) is 6.18. The van der Waals surface area contributed by atoms with E-state index in [0.717, 1.165) is 6.42 Å². The molecule has 3 heteroatoms. The van der Waals surface area contributed by atoms with Crippen molar-refractivity contribution in [2.24, 2.45) is 17.8 Å². The molecule has 0 unspecified atom stereocenters. The predicted molar refractivity (Wildman–Crippen MR) is 46.1 cm³/mol. The second-order valence-corrected chi connectivity index (χ2v) is 3.88. The van der Waals surface area contributed by atoms with Crippen molar-refractivity contribution in [2.45, 2.75) is 19.3 Å². The van der Waals surface area contributed by atoms with E-state index in [4.69, 9.17) is 5.11 Å². The molecule has 0 aromatic carbocycles. The lowest BCUT2D eigenvalue weighted by Crippen LogP contribution is -2.36. The Labute approximate surface area is 76.4 Å². The minimum Gasteiger partial charge on any atom is -0.481 e. The van der Waals surface area contributed by atoms with Gasteiger partial charge in [0.25, 0.3) is 0 Å². The molecule has 2 bridgehead atoms. The Balaban J connectivity index is 2.18. The summed E-state index contributed by atoms with van der Waals surface area (Å²) >= 11 is 0. The monoisotopic (exact) mass is 180 g/mol. The van der Waals surface area contributed by atoms with Crippen molar-refractivity contribution < 1.29 is 14.7 Å². The first-order valence-corrected chi connectivity index (χ1v) is 4.61. The highest BCUT2D eigenvalue weighted by molar-refractivity contribution is 5.88. The van der Waals surface area contributed by atoms with Crippen LogP contribution in [0.5, 0.6) is 0 Å². The minimum absolute atomic E-state index is 0.0233. The number of hydrogen-bond donors (Lipinski definition) is 1. The van der Waals surface area contributed by atoms with Gasteiger partial charge in [-0.2, -0.15) is 0 Å². The van der Waals surface area contributed by atoms with Crippen LogP contribution in [-0.2, 0) is 9.59 Å². The Morgan fingerprint density at radius 3 is 2.85 bits per heavy atom. The highest BCUT2D eigenvalue weighted by atomic mass is 16.4. The molecule has 0 heterocycles. The molecule has 0 aliphatic heterocycles. The van der Waals surface area contributed by atoms with E-state index < -0.39 is 5.97 Å². The Morgan fingerprint density at radius 1 is 1.46 bits per heavy atom. The second-order valence-electron chi connectivity index (χ2n) is 3.88. The van der Waals surface area contributed by atoms with Crippen LogP contribution in [0, 0.1) is 17.8 Å². The maximum atomic E-state index is 11.5. The number of hydrogen-bond acceptors (Lipinski definition) is 2. The van der Waals surface area contributed by atoms with Crippen molar-refractivity contribution >= 4 is 11.8 Å². The van der Waals surface area contributed by atoms with Gasteiger partial charge in [0.05, 0.1) is 5.92 Å². The summed E-state index contributed by atoms with van der Waals surface area (Å²) in [5, 5.41) is 8.84. The molecule has 1 saturated carbocycles. The van der Waals surface area contributed by atoms with Gasteiger partial charge in [-0.25, -0.2) is 0 Å². The van der Waals surface area contributed by atoms with E-state index >= 15 is 0 Å². The quantitative estimate of drug-likeness (QED) is 0.618. The Hall–Kier alpha value is -1.12. The molecule has 3 nitrogen and oxygen atoms in total. The molecule has 3 atom stereocenters. The van der Waals surface area contributed by atoms with E-state index in [1.165, 1.54) is 0 Å². The number of Topliss-reactive ketones (excluding diaryl/α,β-unsaturated/α-hetero) is 1. The molecule has 0 aromatic rings. The van der Waals surface area contributed by atoms with Gasteiger partial charge in [0.2, 0.25) is 0 Å². The average Bonchev–Trinajstić information content (AvgIpc) is 2.02. The molecule has 2 rings (SSSR count). The van der Waals surface area contributed by atoms with E-state index in [2.05, 4.69) is 0 Å². The maximum Gasteiger partial charge on any atom is 0.306 e. The number of carbonyl (C=O) groups excluding carboxylic acids is 1. The molecule has 0 amide bonds. The molecule has 1 N–H and O–H groups in total. The van der Waals surface area contributed by atoms with Crippen LogP contribution in [-0.4, -0.2) is 16.9 Å². The minimum atomic E-state index is -0.752. The van der Waals surface area contributed by atoms with E-state index in [1.807, 2.05) is 12.2 Å². The summed E-state index contributed by atoms with van der Waals surface area (Å²) in [6, 6.07) is 0. The van der Waals surface area contributed by atoms with Crippen LogP contribution in [0.25, 0.3) is 0 Å². The van der Waals surface area contributed by atoms with Gasteiger partial charge in [0, 0.05) is 11.8 Å². The van der Waals surface area contributed by atoms with Crippen LogP contribution in [0.2, 0.25) is 0 Å². The van der Waals surface area contributed by atoms with Gasteiger partial charge < -0.3 is 5.11 Å². The van der Waals surface area contributed by atoms with Crippen molar-refractivity contribution in [1.82, 2.24) is 0 Å². The summed E-state index contributed by atoms with van der Waals surface area (Å²) < 4.78 is 0. The Bertz CT molecular complexity index is 280. The number of carboxylic acid groups (broad SMARTS) is 1. The maximum absolute atomic E-state index is 11.5. The third-order valence-electron chi connectivity index (χ3n) is 3.01. The first kappa shape index (κ1) is 8.48. The normalized spacial score (nSPS) is 37.5. The summed E-state index contributed by atoms with van der Waals surface area (Å²) in [6.07, 6.45) is 5.65. The van der Waals surface area contributed by atoms with Crippen LogP contribution in [0.4, 0.5) is 0 Å². The lowest BCUT2D eigenvalue weighted by atomic mass is 9.70. The number of aliphatic carboxylic acids is 1. The molecule has 0 spiro atoms. The fraction of sp³-hybridized carbons (Fsp3) is 0.600. The Kier molecular flexibility index (Phi) is 1.94.